The van der Waals surface area contributed by atoms with Crippen molar-refractivity contribution in [3.63, 3.8) is 0 Å². The summed E-state index contributed by atoms with van der Waals surface area (Å²) in [4.78, 5) is 28.1. The van der Waals surface area contributed by atoms with Gasteiger partial charge in [-0.3, -0.25) is 9.59 Å². The highest BCUT2D eigenvalue weighted by molar-refractivity contribution is 7.10. The highest BCUT2D eigenvalue weighted by Gasteiger charge is 2.28. The molecule has 148 valence electrons. The zero-order valence-electron chi connectivity index (χ0n) is 16.0. The van der Waals surface area contributed by atoms with E-state index in [1.165, 1.54) is 16.1 Å². The molecule has 29 heavy (non-hydrogen) atoms. The summed E-state index contributed by atoms with van der Waals surface area (Å²) in [5, 5.41) is 7.55. The first-order valence-corrected chi connectivity index (χ1v) is 10.6. The fourth-order valence-electron chi connectivity index (χ4n) is 3.66. The molecule has 0 saturated heterocycles. The molecule has 0 fully saturated rings. The first kappa shape index (κ1) is 19.2. The Labute approximate surface area is 174 Å². The van der Waals surface area contributed by atoms with Gasteiger partial charge in [-0.15, -0.1) is 11.3 Å². The Morgan fingerprint density at radius 3 is 2.48 bits per heavy atom. The molecule has 3 aromatic rings. The van der Waals surface area contributed by atoms with Crippen molar-refractivity contribution in [1.29, 1.82) is 0 Å². The number of hydrogen-bond donors (Lipinski definition) is 2. The fourth-order valence-corrected chi connectivity index (χ4v) is 4.50. The SMILES string of the molecule is O=C(NCc1ccccc1)C(=O)NC[C@@H](c1cccs1)N1CCc2ccccc21. The number of fused-ring (bicyclic) bond motifs is 1. The van der Waals surface area contributed by atoms with Crippen LogP contribution in [0.15, 0.2) is 72.1 Å². The van der Waals surface area contributed by atoms with Crippen molar-refractivity contribution in [2.24, 2.45) is 0 Å². The quantitative estimate of drug-likeness (QED) is 0.619. The monoisotopic (exact) mass is 405 g/mol. The molecule has 0 saturated carbocycles. The lowest BCUT2D eigenvalue weighted by molar-refractivity contribution is -0.139. The molecule has 5 nitrogen and oxygen atoms in total. The standard InChI is InChI=1S/C23H23N3O2S/c27-22(24-15-17-7-2-1-3-8-17)23(28)25-16-20(21-11-6-14-29-21)26-13-12-18-9-4-5-10-19(18)26/h1-11,14,20H,12-13,15-16H2,(H,24,27)(H,25,28)/t20-/m0/s1. The number of hydrogen-bond acceptors (Lipinski definition) is 4. The van der Waals surface area contributed by atoms with Gasteiger partial charge in [-0.2, -0.15) is 0 Å². The highest BCUT2D eigenvalue weighted by Crippen LogP contribution is 2.36. The lowest BCUT2D eigenvalue weighted by atomic mass is 10.1. The Hall–Kier alpha value is -3.12. The minimum absolute atomic E-state index is 0.00419. The second kappa shape index (κ2) is 8.92. The van der Waals surface area contributed by atoms with E-state index in [-0.39, 0.29) is 6.04 Å². The molecule has 2 amide bonds. The van der Waals surface area contributed by atoms with Gasteiger partial charge in [0.2, 0.25) is 0 Å². The van der Waals surface area contributed by atoms with Gasteiger partial charge >= 0.3 is 11.8 Å². The topological polar surface area (TPSA) is 61.4 Å². The van der Waals surface area contributed by atoms with Crippen LogP contribution < -0.4 is 15.5 Å². The molecule has 1 aromatic heterocycles. The number of rotatable bonds is 6. The highest BCUT2D eigenvalue weighted by atomic mass is 32.1. The van der Waals surface area contributed by atoms with E-state index < -0.39 is 11.8 Å². The molecule has 1 atom stereocenters. The molecule has 0 radical (unpaired) electrons. The van der Waals surface area contributed by atoms with Crippen molar-refractivity contribution in [2.45, 2.75) is 19.0 Å². The normalized spacial score (nSPS) is 13.6. The molecule has 0 unspecified atom stereocenters. The van der Waals surface area contributed by atoms with Crippen molar-refractivity contribution in [3.05, 3.63) is 88.1 Å². The van der Waals surface area contributed by atoms with Gasteiger partial charge in [-0.05, 0) is 35.1 Å². The molecule has 0 spiro atoms. The number of nitrogens with zero attached hydrogens (tertiary/aromatic N) is 1. The van der Waals surface area contributed by atoms with E-state index in [9.17, 15) is 9.59 Å². The molecule has 4 rings (SSSR count). The van der Waals surface area contributed by atoms with Crippen molar-refractivity contribution >= 4 is 28.8 Å². The zero-order valence-corrected chi connectivity index (χ0v) is 16.8. The summed E-state index contributed by atoms with van der Waals surface area (Å²) in [6.45, 7) is 1.62. The van der Waals surface area contributed by atoms with E-state index in [2.05, 4.69) is 39.8 Å². The Morgan fingerprint density at radius 2 is 1.69 bits per heavy atom. The molecule has 2 N–H and O–H groups in total. The van der Waals surface area contributed by atoms with Gasteiger partial charge < -0.3 is 15.5 Å². The summed E-state index contributed by atoms with van der Waals surface area (Å²) in [5.74, 6) is -1.21. The van der Waals surface area contributed by atoms with E-state index in [4.69, 9.17) is 0 Å². The molecule has 6 heteroatoms. The van der Waals surface area contributed by atoms with E-state index in [1.54, 1.807) is 11.3 Å². The zero-order chi connectivity index (χ0) is 20.1. The average Bonchev–Trinajstić information content (AvgIpc) is 3.44. The van der Waals surface area contributed by atoms with Gasteiger partial charge in [0.1, 0.15) is 0 Å². The van der Waals surface area contributed by atoms with Gasteiger partial charge in [0.15, 0.2) is 0 Å². The molecular weight excluding hydrogens is 382 g/mol. The van der Waals surface area contributed by atoms with Gasteiger partial charge in [0, 0.05) is 30.2 Å². The minimum atomic E-state index is -0.611. The molecule has 0 aliphatic carbocycles. The largest absolute Gasteiger partial charge is 0.361 e. The second-order valence-corrected chi connectivity index (χ2v) is 7.96. The predicted molar refractivity (Wildman–Crippen MR) is 116 cm³/mol. The Kier molecular flexibility index (Phi) is 5.91. The van der Waals surface area contributed by atoms with E-state index >= 15 is 0 Å². The number of amides is 2. The van der Waals surface area contributed by atoms with Crippen LogP contribution in [0.2, 0.25) is 0 Å². The van der Waals surface area contributed by atoms with E-state index in [0.29, 0.717) is 13.1 Å². The number of carbonyl (C=O) groups is 2. The third-order valence-electron chi connectivity index (χ3n) is 5.13. The Bertz CT molecular complexity index is 973. The van der Waals surface area contributed by atoms with Gasteiger partial charge in [-0.25, -0.2) is 0 Å². The molecular formula is C23H23N3O2S. The van der Waals surface area contributed by atoms with E-state index in [0.717, 1.165) is 18.5 Å². The van der Waals surface area contributed by atoms with Crippen molar-refractivity contribution in [3.8, 4) is 0 Å². The fraction of sp³-hybridized carbons (Fsp3) is 0.217. The van der Waals surface area contributed by atoms with Crippen LogP contribution in [0.5, 0.6) is 0 Å². The van der Waals surface area contributed by atoms with E-state index in [1.807, 2.05) is 47.8 Å². The summed E-state index contributed by atoms with van der Waals surface area (Å²) in [7, 11) is 0. The average molecular weight is 406 g/mol. The number of anilines is 1. The van der Waals surface area contributed by atoms with Crippen LogP contribution in [0.3, 0.4) is 0 Å². The summed E-state index contributed by atoms with van der Waals surface area (Å²) < 4.78 is 0. The summed E-state index contributed by atoms with van der Waals surface area (Å²) in [6.07, 6.45) is 0.990. The van der Waals surface area contributed by atoms with Crippen molar-refractivity contribution in [2.75, 3.05) is 18.0 Å². The lowest BCUT2D eigenvalue weighted by Gasteiger charge is -2.30. The summed E-state index contributed by atoms with van der Waals surface area (Å²) in [5.41, 5.74) is 3.48. The number of carbonyl (C=O) groups excluding carboxylic acids is 2. The summed E-state index contributed by atoms with van der Waals surface area (Å²) >= 11 is 1.67. The Morgan fingerprint density at radius 1 is 0.931 bits per heavy atom. The maximum absolute atomic E-state index is 12.4. The molecule has 2 heterocycles. The Balaban J connectivity index is 1.40. The van der Waals surface area contributed by atoms with Gasteiger partial charge in [0.05, 0.1) is 6.04 Å². The maximum Gasteiger partial charge on any atom is 0.309 e. The first-order valence-electron chi connectivity index (χ1n) is 9.70. The molecule has 2 aromatic carbocycles. The number of benzene rings is 2. The minimum Gasteiger partial charge on any atom is -0.361 e. The summed E-state index contributed by atoms with van der Waals surface area (Å²) in [6, 6.07) is 22.0. The molecule has 1 aliphatic rings. The van der Waals surface area contributed by atoms with Gasteiger partial charge in [0.25, 0.3) is 0 Å². The van der Waals surface area contributed by atoms with Crippen LogP contribution in [-0.4, -0.2) is 24.9 Å². The van der Waals surface area contributed by atoms with Crippen LogP contribution in [0, 0.1) is 0 Å². The van der Waals surface area contributed by atoms with Crippen molar-refractivity contribution < 1.29 is 9.59 Å². The van der Waals surface area contributed by atoms with Crippen LogP contribution in [-0.2, 0) is 22.6 Å². The number of nitrogens with one attached hydrogen (secondary N) is 2. The van der Waals surface area contributed by atoms with Gasteiger partial charge in [-0.1, -0.05) is 54.6 Å². The van der Waals surface area contributed by atoms with Crippen LogP contribution in [0.25, 0.3) is 0 Å². The smallest absolute Gasteiger partial charge is 0.309 e. The van der Waals surface area contributed by atoms with Crippen LogP contribution in [0.4, 0.5) is 5.69 Å². The molecule has 1 aliphatic heterocycles. The van der Waals surface area contributed by atoms with Crippen LogP contribution >= 0.6 is 11.3 Å². The molecule has 0 bridgehead atoms. The lowest BCUT2D eigenvalue weighted by Crippen LogP contribution is -2.43. The van der Waals surface area contributed by atoms with Crippen LogP contribution in [0.1, 0.15) is 22.0 Å². The predicted octanol–water partition coefficient (Wildman–Crippen LogP) is 3.28. The third-order valence-corrected chi connectivity index (χ3v) is 6.10. The second-order valence-electron chi connectivity index (χ2n) is 6.98. The third kappa shape index (κ3) is 4.49. The first-order chi connectivity index (χ1) is 14.2. The number of thiophene rings is 1. The number of para-hydroxylation sites is 1. The maximum atomic E-state index is 12.4. The van der Waals surface area contributed by atoms with Crippen molar-refractivity contribution in [1.82, 2.24) is 10.6 Å².